The molecule has 1 aliphatic rings. The lowest BCUT2D eigenvalue weighted by molar-refractivity contribution is -0.121. The summed E-state index contributed by atoms with van der Waals surface area (Å²) in [7, 11) is 1.56. The molecule has 0 saturated heterocycles. The minimum Gasteiger partial charge on any atom is -0.353 e. The Labute approximate surface area is 152 Å². The molecule has 138 valence electrons. The molecule has 1 aromatic carbocycles. The third kappa shape index (κ3) is 6.20. The minimum absolute atomic E-state index is 0.0491. The Morgan fingerprint density at radius 3 is 2.68 bits per heavy atom. The summed E-state index contributed by atoms with van der Waals surface area (Å²) in [5.74, 6) is -0.494. The van der Waals surface area contributed by atoms with Crippen LogP contribution in [0.2, 0.25) is 5.02 Å². The molecule has 0 bridgehead atoms. The van der Waals surface area contributed by atoms with E-state index in [1.165, 1.54) is 23.5 Å². The maximum atomic E-state index is 13.8. The van der Waals surface area contributed by atoms with Gasteiger partial charge in [-0.3, -0.25) is 4.79 Å². The van der Waals surface area contributed by atoms with Crippen LogP contribution in [-0.2, 0) is 11.3 Å². The predicted octanol–water partition coefficient (Wildman–Crippen LogP) is 3.46. The largest absolute Gasteiger partial charge is 0.353 e. The summed E-state index contributed by atoms with van der Waals surface area (Å²) >= 11 is 5.97. The van der Waals surface area contributed by atoms with E-state index in [-0.39, 0.29) is 48.1 Å². The lowest BCUT2D eigenvalue weighted by Gasteiger charge is -2.23. The van der Waals surface area contributed by atoms with Crippen molar-refractivity contribution in [3.05, 3.63) is 34.6 Å². The molecule has 2 N–H and O–H groups in total. The fourth-order valence-corrected chi connectivity index (χ4v) is 3.18. The molecule has 0 heterocycles. The van der Waals surface area contributed by atoms with Gasteiger partial charge in [0.25, 0.3) is 0 Å². The summed E-state index contributed by atoms with van der Waals surface area (Å²) in [5.41, 5.74) is 0.275. The van der Waals surface area contributed by atoms with Crippen molar-refractivity contribution in [1.82, 2.24) is 15.5 Å². The highest BCUT2D eigenvalue weighted by Crippen LogP contribution is 2.20. The highest BCUT2D eigenvalue weighted by molar-refractivity contribution is 6.31. The molecule has 0 atom stereocenters. The van der Waals surface area contributed by atoms with Crippen molar-refractivity contribution in [2.75, 3.05) is 13.6 Å². The summed E-state index contributed by atoms with van der Waals surface area (Å²) in [6.45, 7) is 0.304. The van der Waals surface area contributed by atoms with Crippen LogP contribution in [0.5, 0.6) is 0 Å². The van der Waals surface area contributed by atoms with Crippen LogP contribution in [0.15, 0.2) is 18.2 Å². The lowest BCUT2D eigenvalue weighted by atomic mass is 9.95. The van der Waals surface area contributed by atoms with E-state index < -0.39 is 5.82 Å². The van der Waals surface area contributed by atoms with Gasteiger partial charge in [0.2, 0.25) is 5.91 Å². The monoisotopic (exact) mass is 369 g/mol. The van der Waals surface area contributed by atoms with E-state index in [1.807, 2.05) is 0 Å². The second-order valence-electron chi connectivity index (χ2n) is 6.44. The van der Waals surface area contributed by atoms with Crippen LogP contribution in [-0.4, -0.2) is 36.5 Å². The quantitative estimate of drug-likeness (QED) is 0.806. The SMILES string of the molecule is CN(Cc1c(F)cccc1Cl)C(=O)NCCC(=O)NC1CCCCC1. The number of nitrogens with one attached hydrogen (secondary N) is 2. The molecule has 1 aromatic rings. The van der Waals surface area contributed by atoms with Crippen molar-refractivity contribution in [2.45, 2.75) is 51.1 Å². The number of urea groups is 1. The van der Waals surface area contributed by atoms with Gasteiger partial charge in [0.1, 0.15) is 5.82 Å². The number of amides is 3. The van der Waals surface area contributed by atoms with Gasteiger partial charge in [0, 0.05) is 36.6 Å². The summed E-state index contributed by atoms with van der Waals surface area (Å²) < 4.78 is 13.8. The van der Waals surface area contributed by atoms with Crippen molar-refractivity contribution in [3.8, 4) is 0 Å². The Balaban J connectivity index is 1.71. The van der Waals surface area contributed by atoms with Gasteiger partial charge in [0.05, 0.1) is 6.54 Å². The normalized spacial score (nSPS) is 14.8. The minimum atomic E-state index is -0.445. The van der Waals surface area contributed by atoms with Gasteiger partial charge in [-0.25, -0.2) is 9.18 Å². The average Bonchev–Trinajstić information content (AvgIpc) is 2.59. The van der Waals surface area contributed by atoms with Gasteiger partial charge in [-0.05, 0) is 25.0 Å². The first-order valence-corrected chi connectivity index (χ1v) is 9.06. The number of hydrogen-bond donors (Lipinski definition) is 2. The molecule has 7 heteroatoms. The topological polar surface area (TPSA) is 61.4 Å². The van der Waals surface area contributed by atoms with Crippen LogP contribution in [0, 0.1) is 5.82 Å². The van der Waals surface area contributed by atoms with E-state index in [1.54, 1.807) is 13.1 Å². The highest BCUT2D eigenvalue weighted by Gasteiger charge is 2.17. The Hall–Kier alpha value is -1.82. The molecule has 25 heavy (non-hydrogen) atoms. The van der Waals surface area contributed by atoms with Crippen molar-refractivity contribution < 1.29 is 14.0 Å². The molecule has 5 nitrogen and oxygen atoms in total. The Kier molecular flexibility index (Phi) is 7.50. The average molecular weight is 370 g/mol. The van der Waals surface area contributed by atoms with Crippen molar-refractivity contribution >= 4 is 23.5 Å². The Morgan fingerprint density at radius 2 is 2.00 bits per heavy atom. The van der Waals surface area contributed by atoms with Gasteiger partial charge >= 0.3 is 6.03 Å². The van der Waals surface area contributed by atoms with Crippen LogP contribution < -0.4 is 10.6 Å². The fourth-order valence-electron chi connectivity index (χ4n) is 2.96. The van der Waals surface area contributed by atoms with Crippen molar-refractivity contribution in [2.24, 2.45) is 0 Å². The van der Waals surface area contributed by atoms with Crippen LogP contribution in [0.3, 0.4) is 0 Å². The van der Waals surface area contributed by atoms with E-state index in [2.05, 4.69) is 10.6 Å². The molecule has 0 radical (unpaired) electrons. The van der Waals surface area contributed by atoms with E-state index in [9.17, 15) is 14.0 Å². The number of benzene rings is 1. The highest BCUT2D eigenvalue weighted by atomic mass is 35.5. The van der Waals surface area contributed by atoms with E-state index in [0.717, 1.165) is 25.7 Å². The zero-order valence-corrected chi connectivity index (χ0v) is 15.2. The van der Waals surface area contributed by atoms with Gasteiger partial charge in [-0.1, -0.05) is 36.9 Å². The van der Waals surface area contributed by atoms with Crippen molar-refractivity contribution in [3.63, 3.8) is 0 Å². The molecule has 2 rings (SSSR count). The number of halogens is 2. The number of nitrogens with zero attached hydrogens (tertiary/aromatic N) is 1. The van der Waals surface area contributed by atoms with Gasteiger partial charge in [-0.15, -0.1) is 0 Å². The number of hydrogen-bond acceptors (Lipinski definition) is 2. The summed E-state index contributed by atoms with van der Waals surface area (Å²) in [4.78, 5) is 25.3. The number of carbonyl (C=O) groups excluding carboxylic acids is 2. The molecule has 0 aromatic heterocycles. The summed E-state index contributed by atoms with van der Waals surface area (Å²) in [6.07, 6.45) is 5.85. The van der Waals surface area contributed by atoms with Crippen LogP contribution in [0.1, 0.15) is 44.1 Å². The molecule has 0 spiro atoms. The summed E-state index contributed by atoms with van der Waals surface area (Å²) in [5, 5.41) is 5.96. The third-order valence-electron chi connectivity index (χ3n) is 4.40. The fraction of sp³-hybridized carbons (Fsp3) is 0.556. The third-order valence-corrected chi connectivity index (χ3v) is 4.76. The van der Waals surface area contributed by atoms with Crippen LogP contribution >= 0.6 is 11.6 Å². The van der Waals surface area contributed by atoms with E-state index in [4.69, 9.17) is 11.6 Å². The molecule has 1 aliphatic carbocycles. The first kappa shape index (κ1) is 19.5. The molecular weight excluding hydrogens is 345 g/mol. The maximum absolute atomic E-state index is 13.8. The van der Waals surface area contributed by atoms with Gasteiger partial charge < -0.3 is 15.5 Å². The van der Waals surface area contributed by atoms with Gasteiger partial charge in [-0.2, -0.15) is 0 Å². The Bertz CT molecular complexity index is 586. The maximum Gasteiger partial charge on any atom is 0.317 e. The molecular formula is C18H25ClFN3O2. The number of carbonyl (C=O) groups is 2. The van der Waals surface area contributed by atoms with E-state index in [0.29, 0.717) is 0 Å². The number of rotatable bonds is 6. The lowest BCUT2D eigenvalue weighted by Crippen LogP contribution is -2.41. The predicted molar refractivity (Wildman–Crippen MR) is 95.9 cm³/mol. The smallest absolute Gasteiger partial charge is 0.317 e. The molecule has 0 aliphatic heterocycles. The molecule has 1 fully saturated rings. The van der Waals surface area contributed by atoms with Crippen molar-refractivity contribution in [1.29, 1.82) is 0 Å². The first-order chi connectivity index (χ1) is 12.0. The second-order valence-corrected chi connectivity index (χ2v) is 6.85. The summed E-state index contributed by atoms with van der Waals surface area (Å²) in [6, 6.07) is 4.31. The molecule has 1 saturated carbocycles. The second kappa shape index (κ2) is 9.61. The van der Waals surface area contributed by atoms with Crippen LogP contribution in [0.25, 0.3) is 0 Å². The van der Waals surface area contributed by atoms with Crippen LogP contribution in [0.4, 0.5) is 9.18 Å². The molecule has 0 unspecified atom stereocenters. The first-order valence-electron chi connectivity index (χ1n) is 8.68. The van der Waals surface area contributed by atoms with E-state index >= 15 is 0 Å². The zero-order chi connectivity index (χ0) is 18.2. The standard InChI is InChI=1S/C18H25ClFN3O2/c1-23(12-14-15(19)8-5-9-16(14)20)18(25)21-11-10-17(24)22-13-6-3-2-4-7-13/h5,8-9,13H,2-4,6-7,10-12H2,1H3,(H,21,25)(H,22,24). The molecule has 3 amide bonds. The Morgan fingerprint density at radius 1 is 1.28 bits per heavy atom. The zero-order valence-electron chi connectivity index (χ0n) is 14.5. The van der Waals surface area contributed by atoms with Gasteiger partial charge in [0.15, 0.2) is 0 Å².